The first-order valence-corrected chi connectivity index (χ1v) is 6.88. The van der Waals surface area contributed by atoms with Crippen molar-refractivity contribution in [2.24, 2.45) is 11.3 Å². The van der Waals surface area contributed by atoms with Crippen LogP contribution in [0.1, 0.15) is 38.7 Å². The zero-order valence-corrected chi connectivity index (χ0v) is 11.4. The second kappa shape index (κ2) is 5.55. The van der Waals surface area contributed by atoms with Crippen molar-refractivity contribution in [3.05, 3.63) is 35.9 Å². The monoisotopic (exact) mass is 245 g/mol. The van der Waals surface area contributed by atoms with Gasteiger partial charge in [-0.25, -0.2) is 0 Å². The Morgan fingerprint density at radius 1 is 1.33 bits per heavy atom. The first-order valence-electron chi connectivity index (χ1n) is 6.88. The van der Waals surface area contributed by atoms with E-state index in [0.717, 1.165) is 24.4 Å². The molecule has 0 bridgehead atoms. The summed E-state index contributed by atoms with van der Waals surface area (Å²) in [5.74, 6) is 1.01. The summed E-state index contributed by atoms with van der Waals surface area (Å²) in [6, 6.07) is 9.90. The van der Waals surface area contributed by atoms with Gasteiger partial charge in [-0.1, -0.05) is 44.2 Å². The summed E-state index contributed by atoms with van der Waals surface area (Å²) in [5.41, 5.74) is 1.55. The number of amides is 1. The summed E-state index contributed by atoms with van der Waals surface area (Å²) in [4.78, 5) is 11.8. The average Bonchev–Trinajstić information content (AvgIpc) is 2.28. The lowest BCUT2D eigenvalue weighted by atomic mass is 9.62. The standard InChI is InChI=1S/C16H23NO/c1-13-11-16(2,12-13)8-9-17-15(18)10-14-6-4-3-5-7-14/h3-7,13H,8-12H2,1-2H3,(H,17,18). The lowest BCUT2D eigenvalue weighted by Gasteiger charge is -2.44. The normalized spacial score (nSPS) is 26.4. The van der Waals surface area contributed by atoms with E-state index in [1.54, 1.807) is 0 Å². The zero-order valence-electron chi connectivity index (χ0n) is 11.4. The highest BCUT2D eigenvalue weighted by Gasteiger charge is 2.36. The van der Waals surface area contributed by atoms with Gasteiger partial charge in [0.25, 0.3) is 0 Å². The number of hydrogen-bond donors (Lipinski definition) is 1. The van der Waals surface area contributed by atoms with E-state index in [2.05, 4.69) is 19.2 Å². The minimum Gasteiger partial charge on any atom is -0.356 e. The van der Waals surface area contributed by atoms with Crippen LogP contribution in [0.3, 0.4) is 0 Å². The predicted molar refractivity (Wildman–Crippen MR) is 74.3 cm³/mol. The Hall–Kier alpha value is -1.31. The molecule has 1 aliphatic rings. The highest BCUT2D eigenvalue weighted by Crippen LogP contribution is 2.47. The number of benzene rings is 1. The molecular weight excluding hydrogens is 222 g/mol. The Kier molecular flexibility index (Phi) is 4.05. The maximum absolute atomic E-state index is 11.8. The van der Waals surface area contributed by atoms with Crippen molar-refractivity contribution in [1.29, 1.82) is 0 Å². The van der Waals surface area contributed by atoms with Crippen molar-refractivity contribution in [3.63, 3.8) is 0 Å². The second-order valence-corrected chi connectivity index (χ2v) is 6.09. The van der Waals surface area contributed by atoms with Gasteiger partial charge < -0.3 is 5.32 Å². The summed E-state index contributed by atoms with van der Waals surface area (Å²) < 4.78 is 0. The van der Waals surface area contributed by atoms with Crippen LogP contribution < -0.4 is 5.32 Å². The summed E-state index contributed by atoms with van der Waals surface area (Å²) in [6.07, 6.45) is 4.22. The van der Waals surface area contributed by atoms with Gasteiger partial charge in [0.2, 0.25) is 5.91 Å². The molecule has 2 nitrogen and oxygen atoms in total. The molecule has 0 radical (unpaired) electrons. The predicted octanol–water partition coefficient (Wildman–Crippen LogP) is 3.17. The third kappa shape index (κ3) is 3.59. The first-order chi connectivity index (χ1) is 8.57. The fourth-order valence-electron chi connectivity index (χ4n) is 3.17. The van der Waals surface area contributed by atoms with E-state index in [9.17, 15) is 4.79 Å². The SMILES string of the molecule is CC1CC(C)(CCNC(=O)Cc2ccccc2)C1. The van der Waals surface area contributed by atoms with Gasteiger partial charge in [-0.3, -0.25) is 4.79 Å². The number of nitrogens with one attached hydrogen (secondary N) is 1. The van der Waals surface area contributed by atoms with Gasteiger partial charge in [0.1, 0.15) is 0 Å². The van der Waals surface area contributed by atoms with Crippen molar-refractivity contribution in [1.82, 2.24) is 5.32 Å². The summed E-state index contributed by atoms with van der Waals surface area (Å²) in [6.45, 7) is 5.45. The fraction of sp³-hybridized carbons (Fsp3) is 0.562. The first kappa shape index (κ1) is 13.1. The summed E-state index contributed by atoms with van der Waals surface area (Å²) >= 11 is 0. The topological polar surface area (TPSA) is 29.1 Å². The third-order valence-electron chi connectivity index (χ3n) is 3.94. The lowest BCUT2D eigenvalue weighted by Crippen LogP contribution is -2.37. The van der Waals surface area contributed by atoms with Crippen LogP contribution in [0.2, 0.25) is 0 Å². The molecule has 98 valence electrons. The highest BCUT2D eigenvalue weighted by atomic mass is 16.1. The van der Waals surface area contributed by atoms with Crippen molar-refractivity contribution in [3.8, 4) is 0 Å². The highest BCUT2D eigenvalue weighted by molar-refractivity contribution is 5.78. The van der Waals surface area contributed by atoms with E-state index in [1.807, 2.05) is 30.3 Å². The summed E-state index contributed by atoms with van der Waals surface area (Å²) in [7, 11) is 0. The van der Waals surface area contributed by atoms with E-state index >= 15 is 0 Å². The Balaban J connectivity index is 1.66. The molecule has 0 atom stereocenters. The van der Waals surface area contributed by atoms with Gasteiger partial charge in [0.15, 0.2) is 0 Å². The van der Waals surface area contributed by atoms with Crippen molar-refractivity contribution >= 4 is 5.91 Å². The largest absolute Gasteiger partial charge is 0.356 e. The molecule has 1 aromatic rings. The number of carbonyl (C=O) groups is 1. The molecule has 1 amide bonds. The molecule has 0 spiro atoms. The molecule has 0 saturated heterocycles. The van der Waals surface area contributed by atoms with Crippen molar-refractivity contribution in [2.45, 2.75) is 39.5 Å². The van der Waals surface area contributed by atoms with Crippen molar-refractivity contribution < 1.29 is 4.79 Å². The molecule has 1 fully saturated rings. The third-order valence-corrected chi connectivity index (χ3v) is 3.94. The second-order valence-electron chi connectivity index (χ2n) is 6.09. The molecule has 2 heteroatoms. The Bertz CT molecular complexity index is 393. The summed E-state index contributed by atoms with van der Waals surface area (Å²) in [5, 5.41) is 3.03. The van der Waals surface area contributed by atoms with Crippen LogP contribution in [0.25, 0.3) is 0 Å². The minimum atomic E-state index is 0.136. The van der Waals surface area contributed by atoms with E-state index < -0.39 is 0 Å². The lowest BCUT2D eigenvalue weighted by molar-refractivity contribution is -0.120. The smallest absolute Gasteiger partial charge is 0.224 e. The van der Waals surface area contributed by atoms with Crippen LogP contribution in [0.15, 0.2) is 30.3 Å². The average molecular weight is 245 g/mol. The van der Waals surface area contributed by atoms with Crippen LogP contribution >= 0.6 is 0 Å². The molecule has 18 heavy (non-hydrogen) atoms. The van der Waals surface area contributed by atoms with Gasteiger partial charge >= 0.3 is 0 Å². The van der Waals surface area contributed by atoms with Crippen LogP contribution in [0.4, 0.5) is 0 Å². The maximum atomic E-state index is 11.8. The van der Waals surface area contributed by atoms with Gasteiger partial charge in [0, 0.05) is 6.54 Å². The molecule has 1 saturated carbocycles. The van der Waals surface area contributed by atoms with E-state index in [0.29, 0.717) is 11.8 Å². The zero-order chi connectivity index (χ0) is 13.0. The van der Waals surface area contributed by atoms with Crippen LogP contribution in [-0.4, -0.2) is 12.5 Å². The molecule has 1 aliphatic carbocycles. The molecule has 1 aromatic carbocycles. The molecule has 0 aliphatic heterocycles. The minimum absolute atomic E-state index is 0.136. The number of rotatable bonds is 5. The van der Waals surface area contributed by atoms with Gasteiger partial charge in [-0.15, -0.1) is 0 Å². The number of hydrogen-bond acceptors (Lipinski definition) is 1. The quantitative estimate of drug-likeness (QED) is 0.848. The van der Waals surface area contributed by atoms with Gasteiger partial charge in [-0.2, -0.15) is 0 Å². The molecule has 1 N–H and O–H groups in total. The maximum Gasteiger partial charge on any atom is 0.224 e. The molecular formula is C16H23NO. The molecule has 2 rings (SSSR count). The van der Waals surface area contributed by atoms with E-state index in [4.69, 9.17) is 0 Å². The van der Waals surface area contributed by atoms with Gasteiger partial charge in [-0.05, 0) is 36.2 Å². The fourth-order valence-corrected chi connectivity index (χ4v) is 3.17. The van der Waals surface area contributed by atoms with Crippen molar-refractivity contribution in [2.75, 3.05) is 6.54 Å². The molecule has 0 aromatic heterocycles. The Morgan fingerprint density at radius 2 is 2.00 bits per heavy atom. The Labute approximate surface area is 110 Å². The van der Waals surface area contributed by atoms with Crippen LogP contribution in [0, 0.1) is 11.3 Å². The van der Waals surface area contributed by atoms with Gasteiger partial charge in [0.05, 0.1) is 6.42 Å². The molecule has 0 heterocycles. The van der Waals surface area contributed by atoms with E-state index in [-0.39, 0.29) is 5.91 Å². The Morgan fingerprint density at radius 3 is 2.61 bits per heavy atom. The van der Waals surface area contributed by atoms with Crippen LogP contribution in [0.5, 0.6) is 0 Å². The van der Waals surface area contributed by atoms with Crippen LogP contribution in [-0.2, 0) is 11.2 Å². The molecule has 0 unspecified atom stereocenters. The van der Waals surface area contributed by atoms with E-state index in [1.165, 1.54) is 12.8 Å². The number of carbonyl (C=O) groups excluding carboxylic acids is 1.